The summed E-state index contributed by atoms with van der Waals surface area (Å²) in [5.41, 5.74) is 0.895. The first-order chi connectivity index (χ1) is 9.60. The molecule has 2 rings (SSSR count). The zero-order chi connectivity index (χ0) is 14.5. The molecule has 1 aromatic carbocycles. The summed E-state index contributed by atoms with van der Waals surface area (Å²) >= 11 is 0. The highest BCUT2D eigenvalue weighted by molar-refractivity contribution is 5.64. The molecule has 1 fully saturated rings. The fourth-order valence-corrected chi connectivity index (χ4v) is 2.43. The van der Waals surface area contributed by atoms with Crippen molar-refractivity contribution in [2.75, 3.05) is 32.0 Å². The minimum absolute atomic E-state index is 0.0249. The van der Waals surface area contributed by atoms with E-state index in [0.29, 0.717) is 23.7 Å². The Morgan fingerprint density at radius 1 is 1.50 bits per heavy atom. The number of hydrogen-bond donors (Lipinski definition) is 1. The number of nitro benzene ring substituents is 1. The molecule has 1 aliphatic heterocycles. The summed E-state index contributed by atoms with van der Waals surface area (Å²) in [5, 5.41) is 23.0. The van der Waals surface area contributed by atoms with Crippen LogP contribution in [-0.2, 0) is 0 Å². The van der Waals surface area contributed by atoms with E-state index in [1.54, 1.807) is 6.07 Å². The quantitative estimate of drug-likeness (QED) is 0.672. The van der Waals surface area contributed by atoms with Gasteiger partial charge in [-0.05, 0) is 51.0 Å². The Kier molecular flexibility index (Phi) is 4.53. The Hall–Kier alpha value is -2.13. The van der Waals surface area contributed by atoms with Crippen LogP contribution in [0.2, 0.25) is 0 Å². The first-order valence-electron chi connectivity index (χ1n) is 6.71. The fraction of sp³-hybridized carbons (Fsp3) is 0.500. The Morgan fingerprint density at radius 3 is 2.80 bits per heavy atom. The van der Waals surface area contributed by atoms with Crippen LogP contribution < -0.4 is 5.32 Å². The minimum Gasteiger partial charge on any atom is -0.379 e. The first kappa shape index (κ1) is 14.3. The van der Waals surface area contributed by atoms with Gasteiger partial charge in [-0.15, -0.1) is 0 Å². The predicted molar refractivity (Wildman–Crippen MR) is 76.5 cm³/mol. The van der Waals surface area contributed by atoms with Crippen LogP contribution in [0, 0.1) is 27.4 Å². The van der Waals surface area contributed by atoms with Gasteiger partial charge in [0.1, 0.15) is 5.69 Å². The van der Waals surface area contributed by atoms with Gasteiger partial charge in [-0.3, -0.25) is 10.1 Å². The van der Waals surface area contributed by atoms with Gasteiger partial charge >= 0.3 is 0 Å². The summed E-state index contributed by atoms with van der Waals surface area (Å²) in [4.78, 5) is 12.9. The molecule has 0 atom stereocenters. The molecule has 1 N–H and O–H groups in total. The van der Waals surface area contributed by atoms with Crippen molar-refractivity contribution in [3.63, 3.8) is 0 Å². The second-order valence-electron chi connectivity index (χ2n) is 5.23. The zero-order valence-corrected chi connectivity index (χ0v) is 11.5. The normalized spacial score (nSPS) is 16.6. The summed E-state index contributed by atoms with van der Waals surface area (Å²) in [7, 11) is 2.10. The Morgan fingerprint density at radius 2 is 2.20 bits per heavy atom. The van der Waals surface area contributed by atoms with Crippen molar-refractivity contribution in [3.8, 4) is 6.07 Å². The van der Waals surface area contributed by atoms with E-state index in [2.05, 4.69) is 17.3 Å². The smallest absolute Gasteiger partial charge is 0.292 e. The molecule has 6 nitrogen and oxygen atoms in total. The van der Waals surface area contributed by atoms with Gasteiger partial charge in [0.05, 0.1) is 16.6 Å². The molecular weight excluding hydrogens is 256 g/mol. The van der Waals surface area contributed by atoms with Crippen molar-refractivity contribution in [2.24, 2.45) is 5.92 Å². The molecular formula is C14H18N4O2. The number of likely N-dealkylation sites (tertiary alicyclic amines) is 1. The van der Waals surface area contributed by atoms with Gasteiger partial charge in [0.2, 0.25) is 0 Å². The van der Waals surface area contributed by atoms with Gasteiger partial charge in [-0.1, -0.05) is 0 Å². The molecule has 0 amide bonds. The molecule has 0 spiro atoms. The lowest BCUT2D eigenvalue weighted by Gasteiger charge is -2.29. The fourth-order valence-electron chi connectivity index (χ4n) is 2.43. The Labute approximate surface area is 118 Å². The number of nitrogens with zero attached hydrogens (tertiary/aromatic N) is 3. The van der Waals surface area contributed by atoms with Crippen LogP contribution in [0.3, 0.4) is 0 Å². The van der Waals surface area contributed by atoms with Crippen LogP contribution in [-0.4, -0.2) is 36.5 Å². The average Bonchev–Trinajstić information content (AvgIpc) is 2.46. The number of rotatable bonds is 4. The number of nitrogens with one attached hydrogen (secondary N) is 1. The van der Waals surface area contributed by atoms with Crippen molar-refractivity contribution in [1.82, 2.24) is 4.90 Å². The van der Waals surface area contributed by atoms with Gasteiger partial charge in [-0.2, -0.15) is 5.26 Å². The molecule has 0 bridgehead atoms. The lowest BCUT2D eigenvalue weighted by molar-refractivity contribution is -0.384. The third-order valence-electron chi connectivity index (χ3n) is 3.74. The van der Waals surface area contributed by atoms with Gasteiger partial charge in [0.15, 0.2) is 0 Å². The number of benzene rings is 1. The first-order valence-corrected chi connectivity index (χ1v) is 6.71. The highest BCUT2D eigenvalue weighted by Crippen LogP contribution is 2.26. The third-order valence-corrected chi connectivity index (χ3v) is 3.74. The highest BCUT2D eigenvalue weighted by atomic mass is 16.6. The second-order valence-corrected chi connectivity index (χ2v) is 5.23. The molecule has 6 heteroatoms. The van der Waals surface area contributed by atoms with Crippen molar-refractivity contribution >= 4 is 11.4 Å². The summed E-state index contributed by atoms with van der Waals surface area (Å²) in [6, 6.07) is 6.41. The van der Waals surface area contributed by atoms with Gasteiger partial charge in [0, 0.05) is 12.6 Å². The molecule has 0 aromatic heterocycles. The predicted octanol–water partition coefficient (Wildman–Crippen LogP) is 2.22. The monoisotopic (exact) mass is 274 g/mol. The number of nitriles is 1. The maximum Gasteiger partial charge on any atom is 0.292 e. The maximum atomic E-state index is 11.0. The molecule has 1 aromatic rings. The van der Waals surface area contributed by atoms with E-state index < -0.39 is 4.92 Å². The number of hydrogen-bond acceptors (Lipinski definition) is 5. The Balaban J connectivity index is 2.04. The Bertz CT molecular complexity index is 530. The summed E-state index contributed by atoms with van der Waals surface area (Å²) in [6.45, 7) is 2.84. The minimum atomic E-state index is -0.419. The van der Waals surface area contributed by atoms with E-state index in [4.69, 9.17) is 5.26 Å². The second kappa shape index (κ2) is 6.35. The van der Waals surface area contributed by atoms with Crippen LogP contribution in [0.1, 0.15) is 18.4 Å². The molecule has 0 unspecified atom stereocenters. The molecule has 1 saturated heterocycles. The van der Waals surface area contributed by atoms with Crippen LogP contribution in [0.15, 0.2) is 18.2 Å². The van der Waals surface area contributed by atoms with Crippen LogP contribution >= 0.6 is 0 Å². The highest BCUT2D eigenvalue weighted by Gasteiger charge is 2.19. The van der Waals surface area contributed by atoms with Gasteiger partial charge in [0.25, 0.3) is 5.69 Å². The van der Waals surface area contributed by atoms with Crippen molar-refractivity contribution < 1.29 is 4.92 Å². The van der Waals surface area contributed by atoms with Crippen molar-refractivity contribution in [1.29, 1.82) is 5.26 Å². The maximum absolute atomic E-state index is 11.0. The van der Waals surface area contributed by atoms with E-state index in [1.165, 1.54) is 12.1 Å². The number of anilines is 1. The summed E-state index contributed by atoms with van der Waals surface area (Å²) < 4.78 is 0. The largest absolute Gasteiger partial charge is 0.379 e. The SMILES string of the molecule is CN1CCC(CNc2cc(C#N)ccc2[N+](=O)[O-])CC1. The van der Waals surface area contributed by atoms with Crippen LogP contribution in [0.5, 0.6) is 0 Å². The summed E-state index contributed by atoms with van der Waals surface area (Å²) in [6.07, 6.45) is 2.18. The van der Waals surface area contributed by atoms with Gasteiger partial charge < -0.3 is 10.2 Å². The molecule has 1 aliphatic rings. The molecule has 0 radical (unpaired) electrons. The van der Waals surface area contributed by atoms with E-state index >= 15 is 0 Å². The number of nitro groups is 1. The molecule has 0 saturated carbocycles. The zero-order valence-electron chi connectivity index (χ0n) is 11.5. The molecule has 0 aliphatic carbocycles. The summed E-state index contributed by atoms with van der Waals surface area (Å²) in [5.74, 6) is 0.525. The molecule has 106 valence electrons. The van der Waals surface area contributed by atoms with E-state index in [0.717, 1.165) is 25.9 Å². The van der Waals surface area contributed by atoms with E-state index in [9.17, 15) is 10.1 Å². The third kappa shape index (κ3) is 3.45. The van der Waals surface area contributed by atoms with Crippen molar-refractivity contribution in [2.45, 2.75) is 12.8 Å². The van der Waals surface area contributed by atoms with E-state index in [-0.39, 0.29) is 5.69 Å². The van der Waals surface area contributed by atoms with Gasteiger partial charge in [-0.25, -0.2) is 0 Å². The lowest BCUT2D eigenvalue weighted by Crippen LogP contribution is -2.33. The van der Waals surface area contributed by atoms with Crippen molar-refractivity contribution in [3.05, 3.63) is 33.9 Å². The molecule has 1 heterocycles. The topological polar surface area (TPSA) is 82.2 Å². The van der Waals surface area contributed by atoms with Crippen LogP contribution in [0.25, 0.3) is 0 Å². The molecule has 20 heavy (non-hydrogen) atoms. The standard InChI is InChI=1S/C14H18N4O2/c1-17-6-4-11(5-7-17)10-16-13-8-12(9-15)2-3-14(13)18(19)20/h2-3,8,11,16H,4-7,10H2,1H3. The van der Waals surface area contributed by atoms with E-state index in [1.807, 2.05) is 6.07 Å². The lowest BCUT2D eigenvalue weighted by atomic mass is 9.97. The van der Waals surface area contributed by atoms with Crippen LogP contribution in [0.4, 0.5) is 11.4 Å². The average molecular weight is 274 g/mol. The number of piperidine rings is 1.